The van der Waals surface area contributed by atoms with Gasteiger partial charge in [-0.2, -0.15) is 5.11 Å². The van der Waals surface area contributed by atoms with Gasteiger partial charge in [0.25, 0.3) is 5.69 Å². The smallest absolute Gasteiger partial charge is 0.269 e. The predicted octanol–water partition coefficient (Wildman–Crippen LogP) is 6.99. The van der Waals surface area contributed by atoms with Crippen LogP contribution < -0.4 is 9.47 Å². The molecule has 0 amide bonds. The molecule has 0 aliphatic rings. The first kappa shape index (κ1) is 24.5. The minimum absolute atomic E-state index is 0.0217. The third kappa shape index (κ3) is 5.36. The molecule has 0 aliphatic heterocycles. The Balaban J connectivity index is 1.66. The summed E-state index contributed by atoms with van der Waals surface area (Å²) in [4.78, 5) is 15.8. The summed E-state index contributed by atoms with van der Waals surface area (Å²) >= 11 is 0. The third-order valence-electron chi connectivity index (χ3n) is 5.34. The van der Waals surface area contributed by atoms with Crippen LogP contribution in [-0.2, 0) is 6.54 Å². The molecule has 0 bridgehead atoms. The lowest BCUT2D eigenvalue weighted by Crippen LogP contribution is -2.10. The minimum atomic E-state index is -0.471. The summed E-state index contributed by atoms with van der Waals surface area (Å²) in [5, 5.41) is 29.2. The summed E-state index contributed by atoms with van der Waals surface area (Å²) in [5.41, 5.74) is 3.32. The van der Waals surface area contributed by atoms with Gasteiger partial charge in [0.15, 0.2) is 5.82 Å². The van der Waals surface area contributed by atoms with Crippen molar-refractivity contribution in [3.8, 4) is 11.5 Å². The zero-order chi connectivity index (χ0) is 25.7. The van der Waals surface area contributed by atoms with Crippen molar-refractivity contribution in [2.24, 2.45) is 20.5 Å². The number of nitro groups is 1. The van der Waals surface area contributed by atoms with Gasteiger partial charge in [0.05, 0.1) is 24.8 Å². The Hall–Kier alpha value is -4.64. The molecular weight excluding hydrogens is 462 g/mol. The van der Waals surface area contributed by atoms with Gasteiger partial charge in [-0.1, -0.05) is 18.2 Å². The standard InChI is InChI=1S/C25H25N7O4/c1-31(2)15-19-18-7-5-6-8-20(18)26-25(19)30-29-22-14-23(35-3)21(13-24(22)36-4)28-27-16-9-11-17(12-10-16)32(33)34/h5-14,26H,15H2,1-4H3. The highest BCUT2D eigenvalue weighted by molar-refractivity contribution is 5.88. The number of azo groups is 2. The molecule has 11 heteroatoms. The summed E-state index contributed by atoms with van der Waals surface area (Å²) < 4.78 is 11.0. The van der Waals surface area contributed by atoms with E-state index in [2.05, 4.69) is 36.4 Å². The molecule has 1 N–H and O–H groups in total. The quantitative estimate of drug-likeness (QED) is 0.154. The van der Waals surface area contributed by atoms with E-state index in [-0.39, 0.29) is 5.69 Å². The Morgan fingerprint density at radius 2 is 1.50 bits per heavy atom. The van der Waals surface area contributed by atoms with E-state index in [1.165, 1.54) is 38.5 Å². The molecule has 1 aromatic heterocycles. The number of non-ortho nitro benzene ring substituents is 1. The number of methoxy groups -OCH3 is 2. The lowest BCUT2D eigenvalue weighted by Gasteiger charge is -2.10. The van der Waals surface area contributed by atoms with Gasteiger partial charge in [-0.3, -0.25) is 10.1 Å². The Labute approximate surface area is 207 Å². The number of ether oxygens (including phenoxy) is 2. The molecule has 0 fully saturated rings. The Morgan fingerprint density at radius 3 is 2.08 bits per heavy atom. The van der Waals surface area contributed by atoms with Gasteiger partial charge in [-0.25, -0.2) is 0 Å². The molecule has 0 saturated heterocycles. The van der Waals surface area contributed by atoms with Crippen LogP contribution in [0.15, 0.2) is 81.1 Å². The first-order chi connectivity index (χ1) is 17.4. The number of nitrogens with zero attached hydrogens (tertiary/aromatic N) is 6. The van der Waals surface area contributed by atoms with Gasteiger partial charge in [-0.15, -0.1) is 15.3 Å². The first-order valence-corrected chi connectivity index (χ1v) is 11.0. The van der Waals surface area contributed by atoms with Crippen LogP contribution in [0.2, 0.25) is 0 Å². The van der Waals surface area contributed by atoms with E-state index in [4.69, 9.17) is 9.47 Å². The number of nitrogens with one attached hydrogen (secondary N) is 1. The molecule has 0 unspecified atom stereocenters. The number of fused-ring (bicyclic) bond motifs is 1. The molecule has 0 radical (unpaired) electrons. The van der Waals surface area contributed by atoms with Crippen molar-refractivity contribution in [3.63, 3.8) is 0 Å². The van der Waals surface area contributed by atoms with Crippen molar-refractivity contribution in [1.29, 1.82) is 0 Å². The fourth-order valence-corrected chi connectivity index (χ4v) is 3.63. The fourth-order valence-electron chi connectivity index (χ4n) is 3.63. The molecule has 0 saturated carbocycles. The van der Waals surface area contributed by atoms with E-state index in [1.807, 2.05) is 32.3 Å². The zero-order valence-corrected chi connectivity index (χ0v) is 20.3. The molecule has 0 atom stereocenters. The Kier molecular flexibility index (Phi) is 7.31. The number of rotatable bonds is 9. The maximum absolute atomic E-state index is 10.8. The van der Waals surface area contributed by atoms with Gasteiger partial charge < -0.3 is 19.4 Å². The normalized spacial score (nSPS) is 11.7. The average Bonchev–Trinajstić information content (AvgIpc) is 3.22. The number of para-hydroxylation sites is 1. The molecule has 184 valence electrons. The highest BCUT2D eigenvalue weighted by Gasteiger charge is 2.14. The van der Waals surface area contributed by atoms with Crippen molar-refractivity contribution >= 4 is 39.5 Å². The second kappa shape index (κ2) is 10.7. The van der Waals surface area contributed by atoms with Crippen molar-refractivity contribution in [2.45, 2.75) is 6.54 Å². The second-order valence-corrected chi connectivity index (χ2v) is 8.10. The number of aromatic amines is 1. The SMILES string of the molecule is COc1cc(N=Nc2[nH]c3ccccc3c2CN(C)C)c(OC)cc1N=Nc1ccc([N+](=O)[O-])cc1. The third-order valence-corrected chi connectivity index (χ3v) is 5.34. The molecule has 1 heterocycles. The van der Waals surface area contributed by atoms with Gasteiger partial charge in [0, 0.05) is 47.3 Å². The van der Waals surface area contributed by atoms with Crippen LogP contribution >= 0.6 is 0 Å². The number of aromatic nitrogens is 1. The highest BCUT2D eigenvalue weighted by atomic mass is 16.6. The molecule has 3 aromatic carbocycles. The zero-order valence-electron chi connectivity index (χ0n) is 20.3. The minimum Gasteiger partial charge on any atom is -0.494 e. The maximum atomic E-state index is 10.8. The van der Waals surface area contributed by atoms with E-state index in [1.54, 1.807) is 12.1 Å². The van der Waals surface area contributed by atoms with Gasteiger partial charge >= 0.3 is 0 Å². The monoisotopic (exact) mass is 487 g/mol. The first-order valence-electron chi connectivity index (χ1n) is 11.0. The van der Waals surface area contributed by atoms with E-state index < -0.39 is 4.92 Å². The second-order valence-electron chi connectivity index (χ2n) is 8.10. The predicted molar refractivity (Wildman–Crippen MR) is 137 cm³/mol. The lowest BCUT2D eigenvalue weighted by atomic mass is 10.1. The van der Waals surface area contributed by atoms with E-state index in [9.17, 15) is 10.1 Å². The van der Waals surface area contributed by atoms with Crippen molar-refractivity contribution in [2.75, 3.05) is 28.3 Å². The molecule has 4 rings (SSSR count). The Bertz CT molecular complexity index is 1440. The number of benzene rings is 3. The fraction of sp³-hybridized carbons (Fsp3) is 0.200. The van der Waals surface area contributed by atoms with Gasteiger partial charge in [-0.05, 0) is 32.3 Å². The largest absolute Gasteiger partial charge is 0.494 e. The molecule has 36 heavy (non-hydrogen) atoms. The van der Waals surface area contributed by atoms with Crippen LogP contribution in [0, 0.1) is 10.1 Å². The number of hydrogen-bond donors (Lipinski definition) is 1. The molecule has 0 spiro atoms. The van der Waals surface area contributed by atoms with Crippen molar-refractivity contribution < 1.29 is 14.4 Å². The molecular formula is C25H25N7O4. The number of nitro benzene ring substituents is 1. The summed E-state index contributed by atoms with van der Waals surface area (Å²) in [6.07, 6.45) is 0. The van der Waals surface area contributed by atoms with Crippen LogP contribution in [0.1, 0.15) is 5.56 Å². The van der Waals surface area contributed by atoms with Crippen molar-refractivity contribution in [3.05, 3.63) is 76.3 Å². The van der Waals surface area contributed by atoms with Gasteiger partial charge in [0.1, 0.15) is 22.9 Å². The number of hydrogen-bond acceptors (Lipinski definition) is 9. The van der Waals surface area contributed by atoms with Crippen molar-refractivity contribution in [1.82, 2.24) is 9.88 Å². The average molecular weight is 488 g/mol. The molecule has 11 nitrogen and oxygen atoms in total. The molecule has 4 aromatic rings. The van der Waals surface area contributed by atoms with Crippen LogP contribution in [-0.4, -0.2) is 43.1 Å². The van der Waals surface area contributed by atoms with E-state index in [0.29, 0.717) is 40.9 Å². The summed E-state index contributed by atoms with van der Waals surface area (Å²) in [6, 6.07) is 17.1. The Morgan fingerprint density at radius 1 is 0.889 bits per heavy atom. The summed E-state index contributed by atoms with van der Waals surface area (Å²) in [7, 11) is 7.04. The van der Waals surface area contributed by atoms with Crippen LogP contribution in [0.5, 0.6) is 11.5 Å². The molecule has 0 aliphatic carbocycles. The van der Waals surface area contributed by atoms with Crippen LogP contribution in [0.25, 0.3) is 10.9 Å². The van der Waals surface area contributed by atoms with Crippen LogP contribution in [0.4, 0.5) is 28.6 Å². The number of H-pyrrole nitrogens is 1. The van der Waals surface area contributed by atoms with Crippen LogP contribution in [0.3, 0.4) is 0 Å². The lowest BCUT2D eigenvalue weighted by molar-refractivity contribution is -0.384. The topological polar surface area (TPSA) is 130 Å². The summed E-state index contributed by atoms with van der Waals surface area (Å²) in [6.45, 7) is 0.695. The van der Waals surface area contributed by atoms with E-state index in [0.717, 1.165) is 16.5 Å². The summed E-state index contributed by atoms with van der Waals surface area (Å²) in [5.74, 6) is 1.51. The van der Waals surface area contributed by atoms with Gasteiger partial charge in [0.2, 0.25) is 0 Å². The van der Waals surface area contributed by atoms with E-state index >= 15 is 0 Å². The maximum Gasteiger partial charge on any atom is 0.269 e. The highest BCUT2D eigenvalue weighted by Crippen LogP contribution is 2.41.